The maximum absolute atomic E-state index is 13.0. The third-order valence-electron chi connectivity index (χ3n) is 2.51. The molecule has 0 saturated heterocycles. The fourth-order valence-electron chi connectivity index (χ4n) is 1.68. The molecule has 88 valence electrons. The number of nitrogens with zero attached hydrogens (tertiary/aromatic N) is 1. The van der Waals surface area contributed by atoms with Gasteiger partial charge in [0.1, 0.15) is 11.6 Å². The molecule has 3 N–H and O–H groups in total. The summed E-state index contributed by atoms with van der Waals surface area (Å²) in [7, 11) is 0. The molecule has 0 aliphatic heterocycles. The number of rotatable bonds is 3. The van der Waals surface area contributed by atoms with Gasteiger partial charge in [-0.2, -0.15) is 0 Å². The molecule has 0 fully saturated rings. The van der Waals surface area contributed by atoms with E-state index >= 15 is 0 Å². The highest BCUT2D eigenvalue weighted by Crippen LogP contribution is 2.19. The molecule has 0 radical (unpaired) electrons. The van der Waals surface area contributed by atoms with Gasteiger partial charge in [-0.15, -0.1) is 0 Å². The maximum Gasteiger partial charge on any atom is 0.123 e. The standard InChI is InChI=1S/C13H13FN2O/c14-11-3-1-2-10(8-11)12(17)6-9-4-5-16-13(15)7-9/h1-5,7-8,12,17H,6H2,(H2,15,16). The zero-order valence-electron chi connectivity index (χ0n) is 9.18. The number of aliphatic hydroxyl groups excluding tert-OH is 1. The van der Waals surface area contributed by atoms with E-state index in [9.17, 15) is 9.50 Å². The first-order chi connectivity index (χ1) is 8.15. The Labute approximate surface area is 98.7 Å². The minimum atomic E-state index is -0.743. The SMILES string of the molecule is Nc1cc(CC(O)c2cccc(F)c2)ccn1. The number of nitrogens with two attached hydrogens (primary N) is 1. The molecular formula is C13H13FN2O. The number of anilines is 1. The van der Waals surface area contributed by atoms with E-state index in [0.29, 0.717) is 17.8 Å². The summed E-state index contributed by atoms with van der Waals surface area (Å²) < 4.78 is 13.0. The maximum atomic E-state index is 13.0. The average molecular weight is 232 g/mol. The fourth-order valence-corrected chi connectivity index (χ4v) is 1.68. The molecule has 2 aromatic rings. The van der Waals surface area contributed by atoms with Crippen LogP contribution in [0.25, 0.3) is 0 Å². The molecule has 1 aromatic heterocycles. The van der Waals surface area contributed by atoms with Crippen molar-refractivity contribution in [2.24, 2.45) is 0 Å². The Bertz CT molecular complexity index is 516. The second-order valence-electron chi connectivity index (χ2n) is 3.86. The molecule has 2 rings (SSSR count). The molecule has 0 amide bonds. The van der Waals surface area contributed by atoms with Gasteiger partial charge in [-0.1, -0.05) is 12.1 Å². The molecule has 0 bridgehead atoms. The minimum absolute atomic E-state index is 0.351. The third-order valence-corrected chi connectivity index (χ3v) is 2.51. The Morgan fingerprint density at radius 3 is 2.82 bits per heavy atom. The van der Waals surface area contributed by atoms with Gasteiger partial charge in [0.25, 0.3) is 0 Å². The molecule has 4 heteroatoms. The van der Waals surface area contributed by atoms with E-state index in [-0.39, 0.29) is 5.82 Å². The van der Waals surface area contributed by atoms with Crippen LogP contribution in [-0.4, -0.2) is 10.1 Å². The monoisotopic (exact) mass is 232 g/mol. The molecule has 1 atom stereocenters. The molecule has 0 saturated carbocycles. The predicted molar refractivity (Wildman–Crippen MR) is 63.7 cm³/mol. The largest absolute Gasteiger partial charge is 0.388 e. The van der Waals surface area contributed by atoms with Crippen molar-refractivity contribution >= 4 is 5.82 Å². The molecule has 1 unspecified atom stereocenters. The summed E-state index contributed by atoms with van der Waals surface area (Å²) in [5, 5.41) is 9.96. The van der Waals surface area contributed by atoms with Crippen LogP contribution in [0.3, 0.4) is 0 Å². The Hall–Kier alpha value is -1.94. The molecule has 0 spiro atoms. The first-order valence-electron chi connectivity index (χ1n) is 5.29. The van der Waals surface area contributed by atoms with Gasteiger partial charge in [-0.25, -0.2) is 9.37 Å². The summed E-state index contributed by atoms with van der Waals surface area (Å²) in [5.74, 6) is 0.0599. The molecule has 17 heavy (non-hydrogen) atoms. The molecule has 3 nitrogen and oxygen atoms in total. The van der Waals surface area contributed by atoms with E-state index < -0.39 is 6.10 Å². The van der Waals surface area contributed by atoms with E-state index in [1.165, 1.54) is 12.1 Å². The van der Waals surface area contributed by atoms with Crippen molar-refractivity contribution < 1.29 is 9.50 Å². The summed E-state index contributed by atoms with van der Waals surface area (Å²) in [6.45, 7) is 0. The predicted octanol–water partition coefficient (Wildman–Crippen LogP) is 2.08. The Morgan fingerprint density at radius 1 is 1.29 bits per heavy atom. The number of aromatic nitrogens is 1. The molecule has 1 heterocycles. The lowest BCUT2D eigenvalue weighted by Gasteiger charge is -2.11. The Morgan fingerprint density at radius 2 is 2.12 bits per heavy atom. The van der Waals surface area contributed by atoms with Crippen molar-refractivity contribution in [3.05, 3.63) is 59.5 Å². The summed E-state index contributed by atoms with van der Waals surface area (Å²) >= 11 is 0. The topological polar surface area (TPSA) is 59.1 Å². The highest BCUT2D eigenvalue weighted by Gasteiger charge is 2.09. The number of hydrogen-bond donors (Lipinski definition) is 2. The summed E-state index contributed by atoms with van der Waals surface area (Å²) in [6, 6.07) is 9.42. The lowest BCUT2D eigenvalue weighted by atomic mass is 10.0. The van der Waals surface area contributed by atoms with Crippen LogP contribution in [0.4, 0.5) is 10.2 Å². The van der Waals surface area contributed by atoms with Gasteiger partial charge in [0.05, 0.1) is 6.10 Å². The highest BCUT2D eigenvalue weighted by atomic mass is 19.1. The van der Waals surface area contributed by atoms with Crippen molar-refractivity contribution in [3.8, 4) is 0 Å². The molecule has 1 aromatic carbocycles. The quantitative estimate of drug-likeness (QED) is 0.851. The van der Waals surface area contributed by atoms with Crippen LogP contribution >= 0.6 is 0 Å². The first kappa shape index (κ1) is 11.5. The number of halogens is 1. The van der Waals surface area contributed by atoms with Gasteiger partial charge < -0.3 is 10.8 Å². The number of aliphatic hydroxyl groups is 1. The highest BCUT2D eigenvalue weighted by molar-refractivity contribution is 5.33. The zero-order valence-corrected chi connectivity index (χ0v) is 9.18. The Kier molecular flexibility index (Phi) is 3.35. The van der Waals surface area contributed by atoms with E-state index in [1.54, 1.807) is 30.5 Å². The fraction of sp³-hybridized carbons (Fsp3) is 0.154. The van der Waals surface area contributed by atoms with E-state index in [2.05, 4.69) is 4.98 Å². The summed E-state index contributed by atoms with van der Waals surface area (Å²) in [5.41, 5.74) is 6.97. The second kappa shape index (κ2) is 4.93. The normalized spacial score (nSPS) is 12.4. The zero-order chi connectivity index (χ0) is 12.3. The van der Waals surface area contributed by atoms with E-state index in [4.69, 9.17) is 5.73 Å². The van der Waals surface area contributed by atoms with Crippen LogP contribution in [0.15, 0.2) is 42.6 Å². The van der Waals surface area contributed by atoms with E-state index in [1.807, 2.05) is 0 Å². The summed E-state index contributed by atoms with van der Waals surface area (Å²) in [4.78, 5) is 3.87. The van der Waals surface area contributed by atoms with Gasteiger partial charge >= 0.3 is 0 Å². The first-order valence-corrected chi connectivity index (χ1v) is 5.29. The lowest BCUT2D eigenvalue weighted by Crippen LogP contribution is -2.03. The van der Waals surface area contributed by atoms with Crippen molar-refractivity contribution in [1.29, 1.82) is 0 Å². The average Bonchev–Trinajstić information content (AvgIpc) is 2.29. The number of nitrogen functional groups attached to an aromatic ring is 1. The number of pyridine rings is 1. The minimum Gasteiger partial charge on any atom is -0.388 e. The van der Waals surface area contributed by atoms with Gasteiger partial charge in [-0.3, -0.25) is 0 Å². The van der Waals surface area contributed by atoms with Crippen LogP contribution in [0.2, 0.25) is 0 Å². The smallest absolute Gasteiger partial charge is 0.123 e. The van der Waals surface area contributed by atoms with E-state index in [0.717, 1.165) is 5.56 Å². The lowest BCUT2D eigenvalue weighted by molar-refractivity contribution is 0.178. The molecular weight excluding hydrogens is 219 g/mol. The number of benzene rings is 1. The van der Waals surface area contributed by atoms with Gasteiger partial charge in [0, 0.05) is 12.6 Å². The molecule has 0 aliphatic carbocycles. The van der Waals surface area contributed by atoms with Crippen LogP contribution < -0.4 is 5.73 Å². The van der Waals surface area contributed by atoms with Crippen molar-refractivity contribution in [2.75, 3.05) is 5.73 Å². The van der Waals surface area contributed by atoms with Crippen LogP contribution in [-0.2, 0) is 6.42 Å². The van der Waals surface area contributed by atoms with Crippen molar-refractivity contribution in [1.82, 2.24) is 4.98 Å². The molecule has 0 aliphatic rings. The Balaban J connectivity index is 2.14. The third kappa shape index (κ3) is 3.01. The van der Waals surface area contributed by atoms with Gasteiger partial charge in [0.15, 0.2) is 0 Å². The summed E-state index contributed by atoms with van der Waals surface area (Å²) in [6.07, 6.45) is 1.23. The van der Waals surface area contributed by atoms with Crippen molar-refractivity contribution in [3.63, 3.8) is 0 Å². The van der Waals surface area contributed by atoms with Crippen LogP contribution in [0.5, 0.6) is 0 Å². The van der Waals surface area contributed by atoms with Crippen LogP contribution in [0.1, 0.15) is 17.2 Å². The van der Waals surface area contributed by atoms with Crippen molar-refractivity contribution in [2.45, 2.75) is 12.5 Å². The van der Waals surface area contributed by atoms with Gasteiger partial charge in [-0.05, 0) is 35.4 Å². The van der Waals surface area contributed by atoms with Gasteiger partial charge in [0.2, 0.25) is 0 Å². The second-order valence-corrected chi connectivity index (χ2v) is 3.86. The number of hydrogen-bond acceptors (Lipinski definition) is 3. The van der Waals surface area contributed by atoms with Crippen LogP contribution in [0, 0.1) is 5.82 Å².